The zero-order chi connectivity index (χ0) is 39.1. The number of phosphoric acid groups is 1. The molecule has 0 aliphatic heterocycles. The number of phosphoric ester groups is 1. The number of hydrogen-bond donors (Lipinski definition) is 1. The third kappa shape index (κ3) is 43.3. The maximum Gasteiger partial charge on any atom is 0.269 e. The minimum absolute atomic E-state index is 0.108. The predicted molar refractivity (Wildman–Crippen MR) is 230 cm³/mol. The van der Waals surface area contributed by atoms with E-state index >= 15 is 0 Å². The van der Waals surface area contributed by atoms with Gasteiger partial charge in [-0.2, -0.15) is 0 Å². The van der Waals surface area contributed by atoms with E-state index in [2.05, 4.69) is 26.5 Å². The molecule has 0 fully saturated rings. The van der Waals surface area contributed by atoms with E-state index in [1.54, 1.807) is 0 Å². The molecule has 0 spiro atoms. The topological polar surface area (TPSA) is 77.1 Å². The molecule has 0 N–H and O–H groups in total. The third-order valence-corrected chi connectivity index (χ3v) is 11.6. The molecule has 3 atom stereocenters. The third-order valence-electron chi connectivity index (χ3n) is 10.2. The van der Waals surface area contributed by atoms with Gasteiger partial charge in [0.15, 0.2) is 5.44 Å². The van der Waals surface area contributed by atoms with Crippen molar-refractivity contribution in [1.29, 1.82) is 0 Å². The van der Waals surface area contributed by atoms with E-state index in [0.29, 0.717) is 30.8 Å². The highest BCUT2D eigenvalue weighted by Gasteiger charge is 2.23. The van der Waals surface area contributed by atoms with Crippen molar-refractivity contribution in [2.24, 2.45) is 0 Å². The summed E-state index contributed by atoms with van der Waals surface area (Å²) in [5.74, 6) is 0. The van der Waals surface area contributed by atoms with Crippen LogP contribution < -0.4 is 4.89 Å². The molecule has 9 heteroatoms. The van der Waals surface area contributed by atoms with E-state index in [9.17, 15) is 9.46 Å². The minimum Gasteiger partial charge on any atom is -0.756 e. The molecular weight excluding hydrogens is 702 g/mol. The average Bonchev–Trinajstić information content (AvgIpc) is 3.09. The Hall–Kier alpha value is 0.340. The molecule has 0 radical (unpaired) electrons. The molecule has 0 saturated carbocycles. The number of unbranched alkanes of at least 4 members (excludes halogenated alkanes) is 30. The van der Waals surface area contributed by atoms with Crippen molar-refractivity contribution in [2.45, 2.75) is 231 Å². The average molecular weight is 794 g/mol. The van der Waals surface area contributed by atoms with Crippen molar-refractivity contribution in [3.05, 3.63) is 0 Å². The first kappa shape index (κ1) is 53.3. The van der Waals surface area contributed by atoms with Gasteiger partial charge in [-0.25, -0.2) is 0 Å². The molecule has 0 rings (SSSR count). The Labute approximate surface area is 336 Å². The molecular formula is C44H92NO6PS. The predicted octanol–water partition coefficient (Wildman–Crippen LogP) is 13.4. The first-order chi connectivity index (χ1) is 25.6. The van der Waals surface area contributed by atoms with E-state index in [4.69, 9.17) is 18.5 Å². The van der Waals surface area contributed by atoms with Crippen molar-refractivity contribution >= 4 is 20.5 Å². The smallest absolute Gasteiger partial charge is 0.269 e. The van der Waals surface area contributed by atoms with Gasteiger partial charge in [-0.05, 0) is 12.8 Å². The van der Waals surface area contributed by atoms with Crippen LogP contribution in [0.1, 0.15) is 219 Å². The van der Waals surface area contributed by atoms with Crippen molar-refractivity contribution in [3.63, 3.8) is 0 Å². The number of ether oxygens (including phenoxy) is 2. The van der Waals surface area contributed by atoms with Gasteiger partial charge in [-0.15, -0.1) is 12.6 Å². The Bertz CT molecular complexity index is 785. The standard InChI is InChI=1S/C44H92NO6PS/c1-6-8-10-12-14-16-18-20-22-24-26-28-30-32-34-36-38-48-41-43(42-50-52(46,47)51-44(53)40-45(3,4)5)49-39-37-35-33-31-29-27-25-23-21-19-17-15-13-11-9-7-2/h43-44H,6-42H2,1-5H3,(H-,46,47,53)/t43-,44?/m1/s1. The van der Waals surface area contributed by atoms with Gasteiger partial charge in [-0.1, -0.05) is 206 Å². The highest BCUT2D eigenvalue weighted by atomic mass is 32.1. The number of likely N-dealkylation sites (N-methyl/N-ethyl adjacent to an activating group) is 1. The molecule has 0 bridgehead atoms. The largest absolute Gasteiger partial charge is 0.756 e. The second-order valence-electron chi connectivity index (χ2n) is 17.0. The number of nitrogens with zero attached hydrogens (tertiary/aromatic N) is 1. The first-order valence-electron chi connectivity index (χ1n) is 22.9. The highest BCUT2D eigenvalue weighted by molar-refractivity contribution is 7.81. The Kier molecular flexibility index (Phi) is 39.4. The highest BCUT2D eigenvalue weighted by Crippen LogP contribution is 2.41. The summed E-state index contributed by atoms with van der Waals surface area (Å²) >= 11 is 4.31. The Morgan fingerprint density at radius 2 is 0.830 bits per heavy atom. The van der Waals surface area contributed by atoms with Crippen molar-refractivity contribution in [2.75, 3.05) is 54.1 Å². The SMILES string of the molecule is CCCCCCCCCCCCCCCCCCOC[C@H](COP(=O)([O-])OC(S)C[N+](C)(C)C)OCCCCCCCCCCCCCCCCCC. The quantitative estimate of drug-likeness (QED) is 0.0218. The summed E-state index contributed by atoms with van der Waals surface area (Å²) in [7, 11) is 1.37. The lowest BCUT2D eigenvalue weighted by Gasteiger charge is -2.31. The maximum absolute atomic E-state index is 12.5. The Morgan fingerprint density at radius 1 is 0.509 bits per heavy atom. The van der Waals surface area contributed by atoms with Crippen LogP contribution in [0.5, 0.6) is 0 Å². The first-order valence-corrected chi connectivity index (χ1v) is 24.9. The lowest BCUT2D eigenvalue weighted by molar-refractivity contribution is -0.871. The van der Waals surface area contributed by atoms with Gasteiger partial charge < -0.3 is 23.4 Å². The zero-order valence-electron chi connectivity index (χ0n) is 36.1. The molecule has 0 amide bonds. The fourth-order valence-corrected chi connectivity index (χ4v) is 8.48. The molecule has 0 aromatic carbocycles. The summed E-state index contributed by atoms with van der Waals surface area (Å²) in [4.78, 5) is 12.5. The zero-order valence-corrected chi connectivity index (χ0v) is 37.9. The van der Waals surface area contributed by atoms with Gasteiger partial charge in [0, 0.05) is 13.2 Å². The van der Waals surface area contributed by atoms with E-state index in [0.717, 1.165) is 19.3 Å². The van der Waals surface area contributed by atoms with Gasteiger partial charge in [0.05, 0.1) is 34.4 Å². The lowest BCUT2D eigenvalue weighted by atomic mass is 10.0. The lowest BCUT2D eigenvalue weighted by Crippen LogP contribution is -2.40. The van der Waals surface area contributed by atoms with Gasteiger partial charge in [-0.3, -0.25) is 9.09 Å². The van der Waals surface area contributed by atoms with Crippen molar-refractivity contribution < 1.29 is 32.5 Å². The van der Waals surface area contributed by atoms with E-state index in [-0.39, 0.29) is 6.61 Å². The van der Waals surface area contributed by atoms with Gasteiger partial charge in [0.2, 0.25) is 0 Å². The Morgan fingerprint density at radius 3 is 1.17 bits per heavy atom. The van der Waals surface area contributed by atoms with Crippen molar-refractivity contribution in [1.82, 2.24) is 0 Å². The molecule has 0 heterocycles. The van der Waals surface area contributed by atoms with Crippen LogP contribution in [-0.4, -0.2) is 70.1 Å². The van der Waals surface area contributed by atoms with Crippen LogP contribution in [0.15, 0.2) is 0 Å². The molecule has 0 aromatic rings. The fraction of sp³-hybridized carbons (Fsp3) is 1.00. The van der Waals surface area contributed by atoms with Crippen LogP contribution in [0.2, 0.25) is 0 Å². The summed E-state index contributed by atoms with van der Waals surface area (Å²) in [5, 5.41) is 0. The maximum atomic E-state index is 12.5. The number of hydrogen-bond acceptors (Lipinski definition) is 7. The summed E-state index contributed by atoms with van der Waals surface area (Å²) in [6, 6.07) is 0. The summed E-state index contributed by atoms with van der Waals surface area (Å²) in [5.41, 5.74) is -0.769. The number of rotatable bonds is 44. The van der Waals surface area contributed by atoms with Crippen LogP contribution in [-0.2, 0) is 23.1 Å². The van der Waals surface area contributed by atoms with Crippen LogP contribution in [0.3, 0.4) is 0 Å². The molecule has 0 aliphatic rings. The summed E-state index contributed by atoms with van der Waals surface area (Å²) in [6.45, 7) is 6.44. The monoisotopic (exact) mass is 794 g/mol. The summed E-state index contributed by atoms with van der Waals surface area (Å²) < 4.78 is 35.6. The molecule has 0 aliphatic carbocycles. The fourth-order valence-electron chi connectivity index (χ4n) is 6.87. The molecule has 7 nitrogen and oxygen atoms in total. The second kappa shape index (κ2) is 39.2. The second-order valence-corrected chi connectivity index (χ2v) is 18.9. The molecule has 0 aromatic heterocycles. The molecule has 320 valence electrons. The summed E-state index contributed by atoms with van der Waals surface area (Å²) in [6.07, 6.45) is 42.3. The van der Waals surface area contributed by atoms with E-state index in [1.165, 1.54) is 186 Å². The van der Waals surface area contributed by atoms with Crippen LogP contribution >= 0.6 is 20.5 Å². The molecule has 2 unspecified atom stereocenters. The van der Waals surface area contributed by atoms with Crippen LogP contribution in [0.4, 0.5) is 0 Å². The van der Waals surface area contributed by atoms with E-state index in [1.807, 2.05) is 21.1 Å². The Balaban J connectivity index is 4.12. The minimum atomic E-state index is -4.52. The van der Waals surface area contributed by atoms with E-state index < -0.39 is 19.4 Å². The van der Waals surface area contributed by atoms with Gasteiger partial charge in [0.1, 0.15) is 12.6 Å². The number of quaternary nitrogens is 1. The number of thiol groups is 1. The van der Waals surface area contributed by atoms with Crippen LogP contribution in [0, 0.1) is 0 Å². The molecule has 0 saturated heterocycles. The van der Waals surface area contributed by atoms with Crippen molar-refractivity contribution in [3.8, 4) is 0 Å². The van der Waals surface area contributed by atoms with Crippen LogP contribution in [0.25, 0.3) is 0 Å². The normalized spacial score (nSPS) is 14.5. The van der Waals surface area contributed by atoms with Gasteiger partial charge >= 0.3 is 0 Å². The van der Waals surface area contributed by atoms with Gasteiger partial charge in [0.25, 0.3) is 7.82 Å². The molecule has 53 heavy (non-hydrogen) atoms.